The summed E-state index contributed by atoms with van der Waals surface area (Å²) in [7, 11) is 3.31. The van der Waals surface area contributed by atoms with E-state index in [-0.39, 0.29) is 18.0 Å². The van der Waals surface area contributed by atoms with Crippen LogP contribution in [-0.2, 0) is 11.2 Å². The van der Waals surface area contributed by atoms with E-state index >= 15 is 0 Å². The van der Waals surface area contributed by atoms with E-state index in [0.717, 1.165) is 31.0 Å². The molecular formula is C17H26N2O3. The Bertz CT molecular complexity index is 545. The smallest absolute Gasteiger partial charge is 0.217 e. The van der Waals surface area contributed by atoms with Crippen LogP contribution in [0.25, 0.3) is 0 Å². The molecule has 0 bridgehead atoms. The summed E-state index contributed by atoms with van der Waals surface area (Å²) in [6.45, 7) is 7.70. The van der Waals surface area contributed by atoms with Gasteiger partial charge in [-0.2, -0.15) is 0 Å². The van der Waals surface area contributed by atoms with Gasteiger partial charge in [-0.15, -0.1) is 0 Å². The van der Waals surface area contributed by atoms with Crippen LogP contribution in [-0.4, -0.2) is 44.2 Å². The summed E-state index contributed by atoms with van der Waals surface area (Å²) in [5.74, 6) is 1.49. The largest absolute Gasteiger partial charge is 0.493 e. The number of hydrogen-bond donors (Lipinski definition) is 1. The predicted octanol–water partition coefficient (Wildman–Crippen LogP) is 2.15. The molecule has 0 aromatic heterocycles. The van der Waals surface area contributed by atoms with E-state index in [1.807, 2.05) is 0 Å². The Kier molecular flexibility index (Phi) is 5.29. The van der Waals surface area contributed by atoms with Crippen molar-refractivity contribution >= 4 is 5.91 Å². The molecule has 0 fully saturated rings. The third kappa shape index (κ3) is 3.19. The van der Waals surface area contributed by atoms with Crippen LogP contribution in [0.15, 0.2) is 12.1 Å². The first-order valence-corrected chi connectivity index (χ1v) is 7.77. The number of nitrogens with zero attached hydrogens (tertiary/aromatic N) is 1. The number of ether oxygens (including phenoxy) is 2. The van der Waals surface area contributed by atoms with Crippen LogP contribution in [0, 0.1) is 0 Å². The molecule has 5 nitrogen and oxygen atoms in total. The topological polar surface area (TPSA) is 50.8 Å². The maximum absolute atomic E-state index is 11.5. The number of rotatable bonds is 5. The van der Waals surface area contributed by atoms with Crippen molar-refractivity contribution in [3.8, 4) is 11.5 Å². The fourth-order valence-electron chi connectivity index (χ4n) is 3.37. The zero-order valence-corrected chi connectivity index (χ0v) is 14.1. The average Bonchev–Trinajstić information content (AvgIpc) is 2.51. The van der Waals surface area contributed by atoms with Gasteiger partial charge in [0, 0.05) is 19.5 Å². The lowest BCUT2D eigenvalue weighted by atomic mass is 9.88. The maximum Gasteiger partial charge on any atom is 0.217 e. The van der Waals surface area contributed by atoms with E-state index < -0.39 is 0 Å². The van der Waals surface area contributed by atoms with Crippen LogP contribution >= 0.6 is 0 Å². The average molecular weight is 306 g/mol. The van der Waals surface area contributed by atoms with E-state index in [0.29, 0.717) is 0 Å². The van der Waals surface area contributed by atoms with Gasteiger partial charge in [0.05, 0.1) is 20.3 Å². The van der Waals surface area contributed by atoms with Crippen LogP contribution in [0.1, 0.15) is 37.9 Å². The normalized spacial score (nSPS) is 19.2. The van der Waals surface area contributed by atoms with E-state index in [4.69, 9.17) is 9.47 Å². The molecule has 0 aliphatic carbocycles. The lowest BCUT2D eigenvalue weighted by molar-refractivity contribution is -0.120. The van der Waals surface area contributed by atoms with Crippen molar-refractivity contribution < 1.29 is 14.3 Å². The van der Waals surface area contributed by atoms with Crippen LogP contribution in [0.4, 0.5) is 0 Å². The molecule has 1 amide bonds. The van der Waals surface area contributed by atoms with Gasteiger partial charge in [0.2, 0.25) is 5.91 Å². The first kappa shape index (κ1) is 16.6. The Hall–Kier alpha value is -1.75. The fraction of sp³-hybridized carbons (Fsp3) is 0.588. The minimum Gasteiger partial charge on any atom is -0.493 e. The number of likely N-dealkylation sites (N-methyl/N-ethyl adjacent to an activating group) is 1. The van der Waals surface area contributed by atoms with Crippen LogP contribution < -0.4 is 14.8 Å². The second-order valence-corrected chi connectivity index (χ2v) is 5.72. The molecule has 0 radical (unpaired) electrons. The van der Waals surface area contributed by atoms with Crippen LogP contribution in [0.3, 0.4) is 0 Å². The van der Waals surface area contributed by atoms with Gasteiger partial charge in [0.15, 0.2) is 11.5 Å². The summed E-state index contributed by atoms with van der Waals surface area (Å²) >= 11 is 0. The van der Waals surface area contributed by atoms with Gasteiger partial charge in [-0.1, -0.05) is 6.92 Å². The van der Waals surface area contributed by atoms with Crippen molar-refractivity contribution in [3.05, 3.63) is 23.3 Å². The van der Waals surface area contributed by atoms with Crippen molar-refractivity contribution in [3.63, 3.8) is 0 Å². The highest BCUT2D eigenvalue weighted by atomic mass is 16.5. The zero-order valence-electron chi connectivity index (χ0n) is 14.1. The highest BCUT2D eigenvalue weighted by Crippen LogP contribution is 2.39. The monoisotopic (exact) mass is 306 g/mol. The van der Waals surface area contributed by atoms with Gasteiger partial charge in [0.25, 0.3) is 0 Å². The SMILES string of the molecule is CCN1CCc2cc(OC)c(OC)cc2[C@H]1[C@@H](C)NC(C)=O. The Morgan fingerprint density at radius 1 is 1.36 bits per heavy atom. The van der Waals surface area contributed by atoms with Gasteiger partial charge in [-0.3, -0.25) is 9.69 Å². The van der Waals surface area contributed by atoms with Gasteiger partial charge in [-0.25, -0.2) is 0 Å². The maximum atomic E-state index is 11.5. The number of amides is 1. The predicted molar refractivity (Wildman–Crippen MR) is 86.5 cm³/mol. The number of benzene rings is 1. The Morgan fingerprint density at radius 2 is 2.00 bits per heavy atom. The zero-order chi connectivity index (χ0) is 16.3. The first-order chi connectivity index (χ1) is 10.5. The minimum atomic E-state index is -0.00356. The number of fused-ring (bicyclic) bond motifs is 1. The summed E-state index contributed by atoms with van der Waals surface area (Å²) in [5, 5.41) is 3.03. The summed E-state index contributed by atoms with van der Waals surface area (Å²) < 4.78 is 10.9. The van der Waals surface area contributed by atoms with Gasteiger partial charge in [-0.05, 0) is 43.1 Å². The minimum absolute atomic E-state index is 0.00356. The molecule has 2 atom stereocenters. The molecule has 1 aromatic rings. The highest BCUT2D eigenvalue weighted by Gasteiger charge is 2.32. The molecule has 2 rings (SSSR count). The summed E-state index contributed by atoms with van der Waals surface area (Å²) in [6.07, 6.45) is 0.979. The number of carbonyl (C=O) groups excluding carboxylic acids is 1. The van der Waals surface area contributed by atoms with E-state index in [9.17, 15) is 4.79 Å². The van der Waals surface area contributed by atoms with Gasteiger partial charge in [0.1, 0.15) is 0 Å². The molecule has 5 heteroatoms. The van der Waals surface area contributed by atoms with Crippen molar-refractivity contribution in [2.24, 2.45) is 0 Å². The highest BCUT2D eigenvalue weighted by molar-refractivity contribution is 5.73. The summed E-state index contributed by atoms with van der Waals surface area (Å²) in [6, 6.07) is 4.31. The van der Waals surface area contributed by atoms with E-state index in [1.165, 1.54) is 11.1 Å². The second-order valence-electron chi connectivity index (χ2n) is 5.72. The van der Waals surface area contributed by atoms with Crippen molar-refractivity contribution in [2.75, 3.05) is 27.3 Å². The third-order valence-corrected chi connectivity index (χ3v) is 4.34. The van der Waals surface area contributed by atoms with E-state index in [1.54, 1.807) is 21.1 Å². The fourth-order valence-corrected chi connectivity index (χ4v) is 3.37. The quantitative estimate of drug-likeness (QED) is 0.905. The lowest BCUT2D eigenvalue weighted by Gasteiger charge is -2.40. The molecule has 22 heavy (non-hydrogen) atoms. The van der Waals surface area contributed by atoms with Crippen molar-refractivity contribution in [1.29, 1.82) is 0 Å². The third-order valence-electron chi connectivity index (χ3n) is 4.34. The molecule has 0 saturated carbocycles. The molecule has 0 saturated heterocycles. The Morgan fingerprint density at radius 3 is 2.55 bits per heavy atom. The second kappa shape index (κ2) is 7.01. The van der Waals surface area contributed by atoms with Gasteiger partial charge >= 0.3 is 0 Å². The summed E-state index contributed by atoms with van der Waals surface area (Å²) in [4.78, 5) is 13.9. The van der Waals surface area contributed by atoms with Gasteiger partial charge < -0.3 is 14.8 Å². The number of methoxy groups -OCH3 is 2. The Labute approximate surface area is 132 Å². The number of nitrogens with one attached hydrogen (secondary N) is 1. The van der Waals surface area contributed by atoms with Crippen LogP contribution in [0.5, 0.6) is 11.5 Å². The Balaban J connectivity index is 2.46. The number of hydrogen-bond acceptors (Lipinski definition) is 4. The molecule has 1 aromatic carbocycles. The van der Waals surface area contributed by atoms with Crippen molar-refractivity contribution in [2.45, 2.75) is 39.3 Å². The van der Waals surface area contributed by atoms with E-state index in [2.05, 4.69) is 36.2 Å². The molecule has 1 aliphatic rings. The molecule has 1 aliphatic heterocycles. The molecule has 1 heterocycles. The molecule has 1 N–H and O–H groups in total. The van der Waals surface area contributed by atoms with Crippen molar-refractivity contribution in [1.82, 2.24) is 10.2 Å². The summed E-state index contributed by atoms with van der Waals surface area (Å²) in [5.41, 5.74) is 2.48. The van der Waals surface area contributed by atoms with Crippen LogP contribution in [0.2, 0.25) is 0 Å². The first-order valence-electron chi connectivity index (χ1n) is 7.77. The lowest BCUT2D eigenvalue weighted by Crippen LogP contribution is -2.47. The standard InChI is InChI=1S/C17H26N2O3/c1-6-19-8-7-13-9-15(21-4)16(22-5)10-14(13)17(19)11(2)18-12(3)20/h9-11,17H,6-8H2,1-5H3,(H,18,20)/t11-,17-/m1/s1. The molecule has 0 unspecified atom stereocenters. The molecule has 122 valence electrons. The molecule has 0 spiro atoms. The number of carbonyl (C=O) groups is 1. The molecular weight excluding hydrogens is 280 g/mol.